The maximum Gasteiger partial charge on any atom is 0.251 e. The lowest BCUT2D eigenvalue weighted by atomic mass is 10.1. The molecule has 1 amide bonds. The van der Waals surface area contributed by atoms with Crippen LogP contribution in [0.1, 0.15) is 28.3 Å². The number of hydrogen-bond acceptors (Lipinski definition) is 4. The number of carbonyl (C=O) groups excluding carboxylic acids is 1. The SMILES string of the molecule is Cc1csc(-c2cccc(C(=O)NCCCn3c(C)nc4ccccc43)c2)n1. The van der Waals surface area contributed by atoms with Crippen molar-refractivity contribution in [2.75, 3.05) is 6.54 Å². The smallest absolute Gasteiger partial charge is 0.251 e. The highest BCUT2D eigenvalue weighted by Crippen LogP contribution is 2.24. The first-order chi connectivity index (χ1) is 13.6. The molecule has 0 spiro atoms. The van der Waals surface area contributed by atoms with Crippen LogP contribution in [0.2, 0.25) is 0 Å². The molecule has 4 rings (SSSR count). The van der Waals surface area contributed by atoms with E-state index in [0.717, 1.165) is 46.1 Å². The molecule has 0 saturated carbocycles. The lowest BCUT2D eigenvalue weighted by molar-refractivity contribution is 0.0953. The molecule has 4 aromatic rings. The Hall–Kier alpha value is -2.99. The van der Waals surface area contributed by atoms with Crippen LogP contribution in [0, 0.1) is 13.8 Å². The molecule has 2 heterocycles. The van der Waals surface area contributed by atoms with Crippen molar-refractivity contribution in [3.8, 4) is 10.6 Å². The van der Waals surface area contributed by atoms with Gasteiger partial charge in [0.25, 0.3) is 5.91 Å². The molecule has 0 aliphatic heterocycles. The second-order valence-corrected chi connectivity index (χ2v) is 7.64. The summed E-state index contributed by atoms with van der Waals surface area (Å²) in [5, 5.41) is 5.98. The lowest BCUT2D eigenvalue weighted by Crippen LogP contribution is -2.25. The lowest BCUT2D eigenvalue weighted by Gasteiger charge is -2.09. The van der Waals surface area contributed by atoms with Crippen LogP contribution >= 0.6 is 11.3 Å². The standard InChI is InChI=1S/C22H22N4OS/c1-15-14-28-22(24-15)18-8-5-7-17(13-18)21(27)23-11-6-12-26-16(2)25-19-9-3-4-10-20(19)26/h3-5,7-10,13-14H,6,11-12H2,1-2H3,(H,23,27). The Morgan fingerprint density at radius 3 is 2.79 bits per heavy atom. The van der Waals surface area contributed by atoms with Crippen LogP contribution in [0.25, 0.3) is 21.6 Å². The zero-order valence-corrected chi connectivity index (χ0v) is 16.8. The molecule has 0 radical (unpaired) electrons. The first-order valence-corrected chi connectivity index (χ1v) is 10.2. The maximum atomic E-state index is 12.5. The first kappa shape index (κ1) is 18.4. The predicted molar refractivity (Wildman–Crippen MR) is 114 cm³/mol. The molecule has 0 aliphatic rings. The summed E-state index contributed by atoms with van der Waals surface area (Å²) in [6, 6.07) is 15.8. The van der Waals surface area contributed by atoms with Gasteiger partial charge in [-0.05, 0) is 44.5 Å². The van der Waals surface area contributed by atoms with Crippen molar-refractivity contribution in [2.24, 2.45) is 0 Å². The minimum atomic E-state index is -0.0534. The van der Waals surface area contributed by atoms with Gasteiger partial charge in [0.2, 0.25) is 0 Å². The average molecular weight is 391 g/mol. The Kier molecular flexibility index (Phi) is 5.21. The van der Waals surface area contributed by atoms with E-state index in [1.165, 1.54) is 0 Å². The van der Waals surface area contributed by atoms with Gasteiger partial charge >= 0.3 is 0 Å². The summed E-state index contributed by atoms with van der Waals surface area (Å²) in [5.74, 6) is 0.946. The molecule has 0 atom stereocenters. The van der Waals surface area contributed by atoms with Gasteiger partial charge in [-0.3, -0.25) is 4.79 Å². The third-order valence-electron chi connectivity index (χ3n) is 4.68. The molecule has 2 aromatic heterocycles. The predicted octanol–water partition coefficient (Wildman–Crippen LogP) is 4.60. The third-order valence-corrected chi connectivity index (χ3v) is 5.69. The number of thiazole rings is 1. The van der Waals surface area contributed by atoms with Crippen molar-refractivity contribution < 1.29 is 4.79 Å². The summed E-state index contributed by atoms with van der Waals surface area (Å²) in [6.07, 6.45) is 0.846. The van der Waals surface area contributed by atoms with Crippen LogP contribution in [0.3, 0.4) is 0 Å². The van der Waals surface area contributed by atoms with Crippen molar-refractivity contribution in [2.45, 2.75) is 26.8 Å². The zero-order valence-electron chi connectivity index (χ0n) is 16.0. The van der Waals surface area contributed by atoms with Gasteiger partial charge in [0.1, 0.15) is 10.8 Å². The number of carbonyl (C=O) groups is 1. The number of imidazole rings is 1. The van der Waals surface area contributed by atoms with Gasteiger partial charge in [-0.25, -0.2) is 9.97 Å². The van der Waals surface area contributed by atoms with E-state index in [1.807, 2.05) is 61.7 Å². The highest BCUT2D eigenvalue weighted by Gasteiger charge is 2.10. The fraction of sp³-hybridized carbons (Fsp3) is 0.227. The highest BCUT2D eigenvalue weighted by atomic mass is 32.1. The van der Waals surface area contributed by atoms with Crippen molar-refractivity contribution in [3.05, 3.63) is 71.0 Å². The second kappa shape index (κ2) is 7.94. The number of hydrogen-bond donors (Lipinski definition) is 1. The first-order valence-electron chi connectivity index (χ1n) is 9.34. The average Bonchev–Trinajstić information content (AvgIpc) is 3.28. The molecular weight excluding hydrogens is 368 g/mol. The normalized spacial score (nSPS) is 11.1. The number of aryl methyl sites for hydroxylation is 3. The highest BCUT2D eigenvalue weighted by molar-refractivity contribution is 7.13. The molecule has 0 bridgehead atoms. The van der Waals surface area contributed by atoms with E-state index in [2.05, 4.69) is 25.9 Å². The van der Waals surface area contributed by atoms with Crippen LogP contribution in [0.4, 0.5) is 0 Å². The van der Waals surface area contributed by atoms with Crippen LogP contribution in [-0.2, 0) is 6.54 Å². The molecule has 5 nitrogen and oxygen atoms in total. The number of nitrogens with zero attached hydrogens (tertiary/aromatic N) is 3. The molecule has 0 aliphatic carbocycles. The molecule has 28 heavy (non-hydrogen) atoms. The van der Waals surface area contributed by atoms with E-state index in [9.17, 15) is 4.79 Å². The zero-order chi connectivity index (χ0) is 19.5. The number of aromatic nitrogens is 3. The van der Waals surface area contributed by atoms with Crippen LogP contribution < -0.4 is 5.32 Å². The van der Waals surface area contributed by atoms with E-state index < -0.39 is 0 Å². The Morgan fingerprint density at radius 2 is 1.96 bits per heavy atom. The summed E-state index contributed by atoms with van der Waals surface area (Å²) >= 11 is 1.59. The van der Waals surface area contributed by atoms with E-state index in [1.54, 1.807) is 11.3 Å². The largest absolute Gasteiger partial charge is 0.352 e. The minimum Gasteiger partial charge on any atom is -0.352 e. The fourth-order valence-electron chi connectivity index (χ4n) is 3.30. The van der Waals surface area contributed by atoms with Crippen LogP contribution in [-0.4, -0.2) is 27.0 Å². The maximum absolute atomic E-state index is 12.5. The molecule has 142 valence electrons. The summed E-state index contributed by atoms with van der Waals surface area (Å²) in [4.78, 5) is 21.6. The summed E-state index contributed by atoms with van der Waals surface area (Å²) in [7, 11) is 0. The molecule has 6 heteroatoms. The monoisotopic (exact) mass is 390 g/mol. The molecular formula is C22H22N4OS. The van der Waals surface area contributed by atoms with Crippen LogP contribution in [0.15, 0.2) is 53.9 Å². The fourth-order valence-corrected chi connectivity index (χ4v) is 4.09. The number of para-hydroxylation sites is 2. The van der Waals surface area contributed by atoms with Crippen molar-refractivity contribution >= 4 is 28.3 Å². The Bertz CT molecular complexity index is 1130. The Labute approximate surface area is 168 Å². The van der Waals surface area contributed by atoms with Crippen molar-refractivity contribution in [1.82, 2.24) is 19.9 Å². The second-order valence-electron chi connectivity index (χ2n) is 6.78. The van der Waals surface area contributed by atoms with Gasteiger partial charge in [-0.2, -0.15) is 0 Å². The molecule has 2 aromatic carbocycles. The van der Waals surface area contributed by atoms with Crippen molar-refractivity contribution in [3.63, 3.8) is 0 Å². The van der Waals surface area contributed by atoms with Gasteiger partial charge in [0.05, 0.1) is 11.0 Å². The van der Waals surface area contributed by atoms with Gasteiger partial charge in [0, 0.05) is 35.3 Å². The van der Waals surface area contributed by atoms with Crippen LogP contribution in [0.5, 0.6) is 0 Å². The van der Waals surface area contributed by atoms with Gasteiger partial charge < -0.3 is 9.88 Å². The Balaban J connectivity index is 1.36. The number of amides is 1. The van der Waals surface area contributed by atoms with E-state index in [-0.39, 0.29) is 5.91 Å². The van der Waals surface area contributed by atoms with Crippen molar-refractivity contribution in [1.29, 1.82) is 0 Å². The Morgan fingerprint density at radius 1 is 1.11 bits per heavy atom. The number of rotatable bonds is 6. The van der Waals surface area contributed by atoms with E-state index in [0.29, 0.717) is 12.1 Å². The van der Waals surface area contributed by atoms with Gasteiger partial charge in [-0.1, -0.05) is 24.3 Å². The van der Waals surface area contributed by atoms with E-state index >= 15 is 0 Å². The van der Waals surface area contributed by atoms with Gasteiger partial charge in [-0.15, -0.1) is 11.3 Å². The topological polar surface area (TPSA) is 59.8 Å². The number of benzene rings is 2. The molecule has 1 N–H and O–H groups in total. The van der Waals surface area contributed by atoms with E-state index in [4.69, 9.17) is 0 Å². The minimum absolute atomic E-state index is 0.0534. The number of nitrogens with one attached hydrogen (secondary N) is 1. The summed E-state index contributed by atoms with van der Waals surface area (Å²) in [5.41, 5.74) is 4.79. The third kappa shape index (κ3) is 3.82. The van der Waals surface area contributed by atoms with Gasteiger partial charge in [0.15, 0.2) is 0 Å². The molecule has 0 unspecified atom stereocenters. The summed E-state index contributed by atoms with van der Waals surface area (Å²) in [6.45, 7) is 5.43. The number of fused-ring (bicyclic) bond motifs is 1. The molecule has 0 saturated heterocycles. The molecule has 0 fully saturated rings. The quantitative estimate of drug-likeness (QED) is 0.490. The summed E-state index contributed by atoms with van der Waals surface area (Å²) < 4.78 is 2.20.